The molecule has 2 unspecified atom stereocenters. The van der Waals surface area contributed by atoms with E-state index < -0.39 is 18.8 Å². The van der Waals surface area contributed by atoms with Crippen molar-refractivity contribution in [2.24, 2.45) is 0 Å². The number of aromatic nitrogens is 1. The van der Waals surface area contributed by atoms with Crippen LogP contribution in [0.5, 0.6) is 0 Å². The third-order valence-corrected chi connectivity index (χ3v) is 2.20. The van der Waals surface area contributed by atoms with Crippen LogP contribution in [0.25, 0.3) is 0 Å². The van der Waals surface area contributed by atoms with Gasteiger partial charge in [0.05, 0.1) is 0 Å². The number of aliphatic hydroxyl groups is 1. The first-order valence-electron chi connectivity index (χ1n) is 4.79. The van der Waals surface area contributed by atoms with Crippen LogP contribution in [-0.4, -0.2) is 28.9 Å². The summed E-state index contributed by atoms with van der Waals surface area (Å²) in [5.74, 6) is 0. The standard InChI is InChI=1S/C10H13F3N2O/c1-7(8-2-4-14-5-3-8)15-6-9(16)10(11,12)13/h2-5,7,9,15-16H,6H2,1H3. The second-order valence-corrected chi connectivity index (χ2v) is 3.47. The Kier molecular flexibility index (Phi) is 4.26. The zero-order chi connectivity index (χ0) is 12.2. The number of pyridine rings is 1. The van der Waals surface area contributed by atoms with Crippen molar-refractivity contribution in [3.63, 3.8) is 0 Å². The summed E-state index contributed by atoms with van der Waals surface area (Å²) in [6, 6.07) is 3.15. The van der Waals surface area contributed by atoms with Gasteiger partial charge in [0.25, 0.3) is 0 Å². The summed E-state index contributed by atoms with van der Waals surface area (Å²) in [5, 5.41) is 11.4. The molecule has 0 saturated heterocycles. The van der Waals surface area contributed by atoms with Crippen LogP contribution in [0.15, 0.2) is 24.5 Å². The summed E-state index contributed by atoms with van der Waals surface area (Å²) in [5.41, 5.74) is 0.823. The third kappa shape index (κ3) is 3.79. The van der Waals surface area contributed by atoms with E-state index in [1.54, 1.807) is 31.5 Å². The minimum atomic E-state index is -4.58. The second kappa shape index (κ2) is 5.27. The predicted molar refractivity (Wildman–Crippen MR) is 52.7 cm³/mol. The quantitative estimate of drug-likeness (QED) is 0.832. The molecule has 90 valence electrons. The van der Waals surface area contributed by atoms with Crippen molar-refractivity contribution in [3.8, 4) is 0 Å². The van der Waals surface area contributed by atoms with Crippen molar-refractivity contribution in [2.45, 2.75) is 25.2 Å². The van der Waals surface area contributed by atoms with E-state index in [0.717, 1.165) is 5.56 Å². The van der Waals surface area contributed by atoms with Gasteiger partial charge in [-0.2, -0.15) is 13.2 Å². The topological polar surface area (TPSA) is 45.1 Å². The normalized spacial score (nSPS) is 15.8. The van der Waals surface area contributed by atoms with Crippen LogP contribution in [0, 0.1) is 0 Å². The molecule has 0 aromatic carbocycles. The van der Waals surface area contributed by atoms with Gasteiger partial charge < -0.3 is 10.4 Å². The monoisotopic (exact) mass is 234 g/mol. The van der Waals surface area contributed by atoms with Crippen LogP contribution in [0.4, 0.5) is 13.2 Å². The molecule has 3 nitrogen and oxygen atoms in total. The van der Waals surface area contributed by atoms with Crippen LogP contribution in [0.2, 0.25) is 0 Å². The van der Waals surface area contributed by atoms with Crippen LogP contribution < -0.4 is 5.32 Å². The summed E-state index contributed by atoms with van der Waals surface area (Å²) in [7, 11) is 0. The SMILES string of the molecule is CC(NCC(O)C(F)(F)F)c1ccncc1. The summed E-state index contributed by atoms with van der Waals surface area (Å²) in [6.07, 6.45) is -3.79. The number of hydrogen-bond acceptors (Lipinski definition) is 3. The number of alkyl halides is 3. The van der Waals surface area contributed by atoms with Gasteiger partial charge in [-0.15, -0.1) is 0 Å². The first-order valence-corrected chi connectivity index (χ1v) is 4.79. The second-order valence-electron chi connectivity index (χ2n) is 3.47. The Labute approximate surface area is 91.3 Å². The first kappa shape index (κ1) is 12.9. The highest BCUT2D eigenvalue weighted by atomic mass is 19.4. The summed E-state index contributed by atoms with van der Waals surface area (Å²) < 4.78 is 36.0. The lowest BCUT2D eigenvalue weighted by atomic mass is 10.1. The number of nitrogens with one attached hydrogen (secondary N) is 1. The molecule has 0 aliphatic heterocycles. The highest BCUT2D eigenvalue weighted by Gasteiger charge is 2.37. The van der Waals surface area contributed by atoms with Gasteiger partial charge in [-0.05, 0) is 24.6 Å². The molecule has 6 heteroatoms. The van der Waals surface area contributed by atoms with Crippen LogP contribution in [-0.2, 0) is 0 Å². The maximum Gasteiger partial charge on any atom is 0.415 e. The third-order valence-electron chi connectivity index (χ3n) is 2.20. The van der Waals surface area contributed by atoms with Crippen LogP contribution in [0.3, 0.4) is 0 Å². The number of halogens is 3. The van der Waals surface area contributed by atoms with Crippen molar-refractivity contribution < 1.29 is 18.3 Å². The highest BCUT2D eigenvalue weighted by Crippen LogP contribution is 2.20. The molecule has 2 atom stereocenters. The van der Waals surface area contributed by atoms with Crippen molar-refractivity contribution in [1.82, 2.24) is 10.3 Å². The van der Waals surface area contributed by atoms with Crippen LogP contribution in [0.1, 0.15) is 18.5 Å². The van der Waals surface area contributed by atoms with E-state index in [-0.39, 0.29) is 6.04 Å². The molecule has 1 aromatic rings. The van der Waals surface area contributed by atoms with Crippen molar-refractivity contribution >= 4 is 0 Å². The molecule has 1 heterocycles. The Morgan fingerprint density at radius 1 is 1.38 bits per heavy atom. The van der Waals surface area contributed by atoms with Gasteiger partial charge in [0.15, 0.2) is 6.10 Å². The molecule has 0 spiro atoms. The molecule has 1 aromatic heterocycles. The Morgan fingerprint density at radius 2 is 1.94 bits per heavy atom. The molecule has 0 saturated carbocycles. The zero-order valence-electron chi connectivity index (χ0n) is 8.70. The maximum absolute atomic E-state index is 12.0. The van der Waals surface area contributed by atoms with Gasteiger partial charge in [0, 0.05) is 25.0 Å². The molecule has 0 aliphatic carbocycles. The highest BCUT2D eigenvalue weighted by molar-refractivity contribution is 5.13. The van der Waals surface area contributed by atoms with Gasteiger partial charge in [-0.3, -0.25) is 4.98 Å². The minimum Gasteiger partial charge on any atom is -0.382 e. The molecule has 2 N–H and O–H groups in total. The molecule has 0 amide bonds. The van der Waals surface area contributed by atoms with Gasteiger partial charge in [0.2, 0.25) is 0 Å². The Morgan fingerprint density at radius 3 is 2.44 bits per heavy atom. The van der Waals surface area contributed by atoms with E-state index in [4.69, 9.17) is 5.11 Å². The zero-order valence-corrected chi connectivity index (χ0v) is 8.70. The average molecular weight is 234 g/mol. The Hall–Kier alpha value is -1.14. The van der Waals surface area contributed by atoms with E-state index in [1.165, 1.54) is 0 Å². The smallest absolute Gasteiger partial charge is 0.382 e. The van der Waals surface area contributed by atoms with Crippen LogP contribution >= 0.6 is 0 Å². The van der Waals surface area contributed by atoms with E-state index in [2.05, 4.69) is 10.3 Å². The van der Waals surface area contributed by atoms with Gasteiger partial charge in [0.1, 0.15) is 0 Å². The lowest BCUT2D eigenvalue weighted by molar-refractivity contribution is -0.202. The van der Waals surface area contributed by atoms with Gasteiger partial charge in [-0.25, -0.2) is 0 Å². The number of aliphatic hydroxyl groups excluding tert-OH is 1. The molecule has 0 bridgehead atoms. The minimum absolute atomic E-state index is 0.264. The van der Waals surface area contributed by atoms with E-state index in [1.807, 2.05) is 0 Å². The van der Waals surface area contributed by atoms with Crippen molar-refractivity contribution in [3.05, 3.63) is 30.1 Å². The predicted octanol–water partition coefficient (Wildman–Crippen LogP) is 1.66. The molecule has 0 fully saturated rings. The molecule has 0 aliphatic rings. The molecule has 1 rings (SSSR count). The summed E-state index contributed by atoms with van der Waals surface area (Å²) >= 11 is 0. The molecule has 0 radical (unpaired) electrons. The maximum atomic E-state index is 12.0. The fourth-order valence-corrected chi connectivity index (χ4v) is 1.17. The molecular formula is C10H13F3N2O. The van der Waals surface area contributed by atoms with Gasteiger partial charge in [-0.1, -0.05) is 0 Å². The largest absolute Gasteiger partial charge is 0.415 e. The number of hydrogen-bond donors (Lipinski definition) is 2. The lowest BCUT2D eigenvalue weighted by Gasteiger charge is -2.19. The van der Waals surface area contributed by atoms with E-state index in [9.17, 15) is 13.2 Å². The molecule has 16 heavy (non-hydrogen) atoms. The number of nitrogens with zero attached hydrogens (tertiary/aromatic N) is 1. The first-order chi connectivity index (χ1) is 7.41. The van der Waals surface area contributed by atoms with Gasteiger partial charge >= 0.3 is 6.18 Å². The van der Waals surface area contributed by atoms with E-state index >= 15 is 0 Å². The number of rotatable bonds is 4. The lowest BCUT2D eigenvalue weighted by Crippen LogP contribution is -2.39. The average Bonchev–Trinajstić information content (AvgIpc) is 2.25. The Bertz CT molecular complexity index is 316. The fraction of sp³-hybridized carbons (Fsp3) is 0.500. The van der Waals surface area contributed by atoms with E-state index in [0.29, 0.717) is 0 Å². The molecular weight excluding hydrogens is 221 g/mol. The summed E-state index contributed by atoms with van der Waals surface area (Å²) in [4.78, 5) is 3.81. The Balaban J connectivity index is 2.45. The fourth-order valence-electron chi connectivity index (χ4n) is 1.17. The van der Waals surface area contributed by atoms with Crippen molar-refractivity contribution in [2.75, 3.05) is 6.54 Å². The van der Waals surface area contributed by atoms with Crippen molar-refractivity contribution in [1.29, 1.82) is 0 Å². The summed E-state index contributed by atoms with van der Waals surface area (Å²) in [6.45, 7) is 1.20.